The molecule has 1 rings (SSSR count). The highest BCUT2D eigenvalue weighted by Gasteiger charge is 2.25. The summed E-state index contributed by atoms with van der Waals surface area (Å²) in [5.74, 6) is 0. The molecule has 1 atom stereocenters. The molecule has 1 aromatic carbocycles. The second-order valence-electron chi connectivity index (χ2n) is 4.38. The van der Waals surface area contributed by atoms with Gasteiger partial charge in [-0.3, -0.25) is 0 Å². The van der Waals surface area contributed by atoms with Gasteiger partial charge in [-0.1, -0.05) is 50.6 Å². The summed E-state index contributed by atoms with van der Waals surface area (Å²) in [6.07, 6.45) is 3.08. The molecule has 0 amide bonds. The van der Waals surface area contributed by atoms with Crippen molar-refractivity contribution < 1.29 is 5.11 Å². The van der Waals surface area contributed by atoms with Crippen molar-refractivity contribution in [3.63, 3.8) is 0 Å². The highest BCUT2D eigenvalue weighted by molar-refractivity contribution is 5.14. The van der Waals surface area contributed by atoms with E-state index in [1.165, 1.54) is 5.56 Å². The monoisotopic (exact) mass is 221 g/mol. The molecule has 0 aliphatic rings. The third kappa shape index (κ3) is 3.62. The van der Waals surface area contributed by atoms with Crippen molar-refractivity contribution in [2.24, 2.45) is 0 Å². The van der Waals surface area contributed by atoms with Crippen LogP contribution in [0.1, 0.15) is 38.7 Å². The predicted octanol–water partition coefficient (Wildman–Crippen LogP) is 2.72. The van der Waals surface area contributed by atoms with E-state index in [0.29, 0.717) is 0 Å². The minimum absolute atomic E-state index is 0.107. The predicted molar refractivity (Wildman–Crippen MR) is 68.3 cm³/mol. The summed E-state index contributed by atoms with van der Waals surface area (Å²) >= 11 is 0. The SMILES string of the molecule is CCCC(CC)(CO)NCc1ccccc1. The second kappa shape index (κ2) is 6.66. The number of benzene rings is 1. The molecule has 2 N–H and O–H groups in total. The Morgan fingerprint density at radius 2 is 1.88 bits per heavy atom. The first-order valence-electron chi connectivity index (χ1n) is 6.16. The van der Waals surface area contributed by atoms with E-state index in [9.17, 15) is 5.11 Å². The Kier molecular flexibility index (Phi) is 5.50. The van der Waals surface area contributed by atoms with Gasteiger partial charge in [0.1, 0.15) is 0 Å². The van der Waals surface area contributed by atoms with Crippen molar-refractivity contribution in [2.75, 3.05) is 6.61 Å². The first kappa shape index (κ1) is 13.2. The van der Waals surface area contributed by atoms with Crippen molar-refractivity contribution in [3.8, 4) is 0 Å². The van der Waals surface area contributed by atoms with Gasteiger partial charge < -0.3 is 10.4 Å². The standard InChI is InChI=1S/C14H23NO/c1-3-10-14(4-2,12-16)15-11-13-8-6-5-7-9-13/h5-9,15-16H,3-4,10-12H2,1-2H3. The molecule has 0 saturated heterocycles. The zero-order valence-electron chi connectivity index (χ0n) is 10.4. The van der Waals surface area contributed by atoms with E-state index in [1.807, 2.05) is 18.2 Å². The Morgan fingerprint density at radius 3 is 2.38 bits per heavy atom. The maximum Gasteiger partial charge on any atom is 0.0613 e. The quantitative estimate of drug-likeness (QED) is 0.742. The lowest BCUT2D eigenvalue weighted by Crippen LogP contribution is -2.47. The Hall–Kier alpha value is -0.860. The smallest absolute Gasteiger partial charge is 0.0613 e. The van der Waals surface area contributed by atoms with Crippen LogP contribution < -0.4 is 5.32 Å². The minimum Gasteiger partial charge on any atom is -0.394 e. The summed E-state index contributed by atoms with van der Waals surface area (Å²) in [7, 11) is 0. The Labute approximate surface area is 98.7 Å². The Morgan fingerprint density at radius 1 is 1.19 bits per heavy atom. The Bertz CT molecular complexity index is 280. The molecular weight excluding hydrogens is 198 g/mol. The third-order valence-electron chi connectivity index (χ3n) is 3.22. The van der Waals surface area contributed by atoms with E-state index >= 15 is 0 Å². The number of nitrogens with one attached hydrogen (secondary N) is 1. The molecule has 0 bridgehead atoms. The van der Waals surface area contributed by atoms with Crippen LogP contribution in [0.2, 0.25) is 0 Å². The topological polar surface area (TPSA) is 32.3 Å². The van der Waals surface area contributed by atoms with Crippen LogP contribution in [-0.4, -0.2) is 17.3 Å². The van der Waals surface area contributed by atoms with Crippen LogP contribution in [0.5, 0.6) is 0 Å². The zero-order chi connectivity index (χ0) is 11.9. The summed E-state index contributed by atoms with van der Waals surface area (Å²) in [5.41, 5.74) is 1.16. The van der Waals surface area contributed by atoms with E-state index in [4.69, 9.17) is 0 Å². The first-order valence-corrected chi connectivity index (χ1v) is 6.16. The fraction of sp³-hybridized carbons (Fsp3) is 0.571. The van der Waals surface area contributed by atoms with Gasteiger partial charge in [0.15, 0.2) is 0 Å². The van der Waals surface area contributed by atoms with E-state index < -0.39 is 0 Å². The summed E-state index contributed by atoms with van der Waals surface area (Å²) in [5, 5.41) is 13.0. The van der Waals surface area contributed by atoms with Crippen LogP contribution in [0.15, 0.2) is 30.3 Å². The van der Waals surface area contributed by atoms with Crippen LogP contribution in [0, 0.1) is 0 Å². The molecule has 0 heterocycles. The van der Waals surface area contributed by atoms with Gasteiger partial charge in [0.2, 0.25) is 0 Å². The molecule has 0 saturated carbocycles. The average Bonchev–Trinajstić information content (AvgIpc) is 2.36. The fourth-order valence-electron chi connectivity index (χ4n) is 2.00. The number of rotatable bonds is 7. The van der Waals surface area contributed by atoms with Gasteiger partial charge in [-0.15, -0.1) is 0 Å². The summed E-state index contributed by atoms with van der Waals surface area (Å²) in [6, 6.07) is 10.3. The normalized spacial score (nSPS) is 14.7. The molecular formula is C14H23NO. The first-order chi connectivity index (χ1) is 7.76. The lowest BCUT2D eigenvalue weighted by Gasteiger charge is -2.32. The molecule has 16 heavy (non-hydrogen) atoms. The van der Waals surface area contributed by atoms with E-state index in [-0.39, 0.29) is 12.1 Å². The van der Waals surface area contributed by atoms with E-state index in [2.05, 4.69) is 31.3 Å². The molecule has 0 radical (unpaired) electrons. The lowest BCUT2D eigenvalue weighted by atomic mass is 9.91. The molecule has 0 fully saturated rings. The van der Waals surface area contributed by atoms with Crippen LogP contribution in [0.3, 0.4) is 0 Å². The maximum absolute atomic E-state index is 9.52. The molecule has 0 aromatic heterocycles. The number of aliphatic hydroxyl groups is 1. The number of hydrogen-bond acceptors (Lipinski definition) is 2. The third-order valence-corrected chi connectivity index (χ3v) is 3.22. The lowest BCUT2D eigenvalue weighted by molar-refractivity contribution is 0.144. The average molecular weight is 221 g/mol. The van der Waals surface area contributed by atoms with Crippen molar-refractivity contribution >= 4 is 0 Å². The largest absolute Gasteiger partial charge is 0.394 e. The van der Waals surface area contributed by atoms with Crippen LogP contribution in [0.25, 0.3) is 0 Å². The molecule has 2 heteroatoms. The molecule has 0 aliphatic heterocycles. The zero-order valence-corrected chi connectivity index (χ0v) is 10.4. The fourth-order valence-corrected chi connectivity index (χ4v) is 2.00. The van der Waals surface area contributed by atoms with Gasteiger partial charge >= 0.3 is 0 Å². The van der Waals surface area contributed by atoms with Crippen molar-refractivity contribution in [1.82, 2.24) is 5.32 Å². The maximum atomic E-state index is 9.52. The van der Waals surface area contributed by atoms with Crippen LogP contribution in [0.4, 0.5) is 0 Å². The molecule has 1 unspecified atom stereocenters. The number of hydrogen-bond donors (Lipinski definition) is 2. The van der Waals surface area contributed by atoms with Gasteiger partial charge in [-0.2, -0.15) is 0 Å². The summed E-state index contributed by atoms with van der Waals surface area (Å²) < 4.78 is 0. The molecule has 0 aliphatic carbocycles. The van der Waals surface area contributed by atoms with Crippen molar-refractivity contribution in [1.29, 1.82) is 0 Å². The second-order valence-corrected chi connectivity index (χ2v) is 4.38. The highest BCUT2D eigenvalue weighted by Crippen LogP contribution is 2.17. The molecule has 0 spiro atoms. The summed E-state index contributed by atoms with van der Waals surface area (Å²) in [6.45, 7) is 5.33. The van der Waals surface area contributed by atoms with Gasteiger partial charge in [-0.05, 0) is 18.4 Å². The minimum atomic E-state index is -0.107. The van der Waals surface area contributed by atoms with Crippen LogP contribution in [-0.2, 0) is 6.54 Å². The summed E-state index contributed by atoms with van der Waals surface area (Å²) in [4.78, 5) is 0. The molecule has 2 nitrogen and oxygen atoms in total. The van der Waals surface area contributed by atoms with Gasteiger partial charge in [0.05, 0.1) is 6.61 Å². The molecule has 90 valence electrons. The van der Waals surface area contributed by atoms with Gasteiger partial charge in [0.25, 0.3) is 0 Å². The highest BCUT2D eigenvalue weighted by atomic mass is 16.3. The van der Waals surface area contributed by atoms with E-state index in [1.54, 1.807) is 0 Å². The van der Waals surface area contributed by atoms with Crippen LogP contribution >= 0.6 is 0 Å². The van der Waals surface area contributed by atoms with E-state index in [0.717, 1.165) is 25.8 Å². The van der Waals surface area contributed by atoms with Crippen molar-refractivity contribution in [2.45, 2.75) is 45.2 Å². The van der Waals surface area contributed by atoms with Gasteiger partial charge in [-0.25, -0.2) is 0 Å². The van der Waals surface area contributed by atoms with Gasteiger partial charge in [0, 0.05) is 12.1 Å². The number of aliphatic hydroxyl groups excluding tert-OH is 1. The van der Waals surface area contributed by atoms with Crippen molar-refractivity contribution in [3.05, 3.63) is 35.9 Å². The molecule has 1 aromatic rings. The Balaban J connectivity index is 2.56.